The van der Waals surface area contributed by atoms with E-state index in [-0.39, 0.29) is 24.4 Å². The molecular formula is C19H30ClN3O. The Morgan fingerprint density at radius 2 is 1.96 bits per heavy atom. The number of anilines is 1. The van der Waals surface area contributed by atoms with Crippen LogP contribution in [0.5, 0.6) is 0 Å². The minimum atomic E-state index is 0. The predicted octanol–water partition coefficient (Wildman–Crippen LogP) is 2.71. The van der Waals surface area contributed by atoms with E-state index in [2.05, 4.69) is 35.3 Å². The largest absolute Gasteiger partial charge is 0.320 e. The van der Waals surface area contributed by atoms with Gasteiger partial charge in [0, 0.05) is 11.7 Å². The molecule has 1 unspecified atom stereocenters. The molecule has 2 aliphatic rings. The summed E-state index contributed by atoms with van der Waals surface area (Å²) in [7, 11) is 2.02. The molecule has 1 aromatic rings. The van der Waals surface area contributed by atoms with Crippen LogP contribution in [0.15, 0.2) is 24.3 Å². The minimum absolute atomic E-state index is 0. The average Bonchev–Trinajstić information content (AvgIpc) is 2.90. The van der Waals surface area contributed by atoms with E-state index in [1.165, 1.54) is 24.8 Å². The van der Waals surface area contributed by atoms with E-state index >= 15 is 0 Å². The number of carbonyl (C=O) groups excluding carboxylic acids is 1. The second-order valence-corrected chi connectivity index (χ2v) is 7.06. The van der Waals surface area contributed by atoms with Crippen molar-refractivity contribution in [2.45, 2.75) is 38.6 Å². The molecule has 1 aromatic carbocycles. The fraction of sp³-hybridized carbons (Fsp3) is 0.632. The molecule has 0 radical (unpaired) electrons. The van der Waals surface area contributed by atoms with E-state index in [0.29, 0.717) is 6.54 Å². The van der Waals surface area contributed by atoms with E-state index < -0.39 is 0 Å². The third kappa shape index (κ3) is 4.29. The molecule has 2 aliphatic heterocycles. The molecule has 0 bridgehead atoms. The maximum absolute atomic E-state index is 12.8. The number of halogens is 1. The van der Waals surface area contributed by atoms with E-state index in [4.69, 9.17) is 0 Å². The molecule has 0 aliphatic carbocycles. The zero-order valence-corrected chi connectivity index (χ0v) is 15.6. The topological polar surface area (TPSA) is 35.6 Å². The molecule has 1 atom stereocenters. The van der Waals surface area contributed by atoms with Crippen LogP contribution in [0.2, 0.25) is 0 Å². The number of benzene rings is 1. The number of carbonyl (C=O) groups is 1. The highest BCUT2D eigenvalue weighted by molar-refractivity contribution is 5.97. The Hall–Kier alpha value is -1.10. The number of piperidine rings is 1. The van der Waals surface area contributed by atoms with Gasteiger partial charge in [0.25, 0.3) is 0 Å². The van der Waals surface area contributed by atoms with Crippen LogP contribution in [0.25, 0.3) is 0 Å². The molecular weight excluding hydrogens is 322 g/mol. The summed E-state index contributed by atoms with van der Waals surface area (Å²) < 4.78 is 0. The Labute approximate surface area is 152 Å². The van der Waals surface area contributed by atoms with Gasteiger partial charge < -0.3 is 10.2 Å². The summed E-state index contributed by atoms with van der Waals surface area (Å²) in [5, 5.41) is 3.24. The first-order chi connectivity index (χ1) is 11.2. The highest BCUT2D eigenvalue weighted by Gasteiger charge is 2.31. The van der Waals surface area contributed by atoms with Crippen LogP contribution in [-0.4, -0.2) is 50.1 Å². The van der Waals surface area contributed by atoms with Crippen LogP contribution in [0, 0.1) is 5.92 Å². The molecule has 1 amide bonds. The van der Waals surface area contributed by atoms with Crippen molar-refractivity contribution in [1.82, 2.24) is 10.2 Å². The maximum Gasteiger partial charge on any atom is 0.241 e. The number of likely N-dealkylation sites (tertiary alicyclic amines) is 1. The molecule has 3 rings (SSSR count). The van der Waals surface area contributed by atoms with Gasteiger partial charge in [0.1, 0.15) is 0 Å². The number of fused-ring (bicyclic) bond motifs is 1. The second kappa shape index (κ2) is 8.84. The Kier molecular flexibility index (Phi) is 7.08. The van der Waals surface area contributed by atoms with Crippen molar-refractivity contribution in [3.8, 4) is 0 Å². The number of hydrogen-bond acceptors (Lipinski definition) is 3. The molecule has 24 heavy (non-hydrogen) atoms. The van der Waals surface area contributed by atoms with Crippen LogP contribution in [0.4, 0.5) is 5.69 Å². The zero-order valence-electron chi connectivity index (χ0n) is 14.8. The van der Waals surface area contributed by atoms with Crippen molar-refractivity contribution < 1.29 is 4.79 Å². The molecule has 134 valence electrons. The van der Waals surface area contributed by atoms with Crippen LogP contribution in [0.1, 0.15) is 31.7 Å². The third-order valence-corrected chi connectivity index (χ3v) is 5.34. The summed E-state index contributed by atoms with van der Waals surface area (Å²) in [6.07, 6.45) is 4.69. The van der Waals surface area contributed by atoms with Gasteiger partial charge in [0.15, 0.2) is 0 Å². The second-order valence-electron chi connectivity index (χ2n) is 7.06. The number of rotatable bonds is 5. The zero-order chi connectivity index (χ0) is 16.2. The van der Waals surface area contributed by atoms with E-state index in [1.54, 1.807) is 0 Å². The van der Waals surface area contributed by atoms with Crippen LogP contribution < -0.4 is 10.2 Å². The minimum Gasteiger partial charge on any atom is -0.320 e. The number of nitrogens with one attached hydrogen (secondary N) is 1. The first-order valence-corrected chi connectivity index (χ1v) is 8.96. The van der Waals surface area contributed by atoms with E-state index in [9.17, 15) is 4.79 Å². The quantitative estimate of drug-likeness (QED) is 0.886. The predicted molar refractivity (Wildman–Crippen MR) is 102 cm³/mol. The van der Waals surface area contributed by atoms with Gasteiger partial charge in [-0.2, -0.15) is 0 Å². The lowest BCUT2D eigenvalue weighted by molar-refractivity contribution is -0.120. The molecule has 1 N–H and O–H groups in total. The third-order valence-electron chi connectivity index (χ3n) is 5.34. The molecule has 2 heterocycles. The van der Waals surface area contributed by atoms with Crippen molar-refractivity contribution in [1.29, 1.82) is 0 Å². The van der Waals surface area contributed by atoms with Gasteiger partial charge in [-0.15, -0.1) is 12.4 Å². The van der Waals surface area contributed by atoms with Gasteiger partial charge in [-0.3, -0.25) is 9.69 Å². The van der Waals surface area contributed by atoms with Crippen molar-refractivity contribution in [3.63, 3.8) is 0 Å². The number of nitrogens with zero attached hydrogens (tertiary/aromatic N) is 2. The SMILES string of the molecule is CNCCC1CCN(CC(=O)N2c3ccccc3CC2C)CC1.Cl. The number of para-hydroxylation sites is 1. The lowest BCUT2D eigenvalue weighted by Gasteiger charge is -2.33. The van der Waals surface area contributed by atoms with Gasteiger partial charge in [0.2, 0.25) is 5.91 Å². The number of amides is 1. The summed E-state index contributed by atoms with van der Waals surface area (Å²) in [5.74, 6) is 1.08. The fourth-order valence-corrected chi connectivity index (χ4v) is 3.99. The lowest BCUT2D eigenvalue weighted by Crippen LogP contribution is -2.45. The molecule has 5 heteroatoms. The fourth-order valence-electron chi connectivity index (χ4n) is 3.99. The Morgan fingerprint density at radius 1 is 1.25 bits per heavy atom. The normalized spacial score (nSPS) is 21.4. The Bertz CT molecular complexity index is 543. The average molecular weight is 352 g/mol. The smallest absolute Gasteiger partial charge is 0.241 e. The maximum atomic E-state index is 12.8. The van der Waals surface area contributed by atoms with Crippen molar-refractivity contribution in [2.24, 2.45) is 5.92 Å². The van der Waals surface area contributed by atoms with Crippen molar-refractivity contribution in [3.05, 3.63) is 29.8 Å². The first-order valence-electron chi connectivity index (χ1n) is 8.96. The molecule has 0 aromatic heterocycles. The number of hydrogen-bond donors (Lipinski definition) is 1. The first kappa shape index (κ1) is 19.2. The summed E-state index contributed by atoms with van der Waals surface area (Å²) in [6, 6.07) is 8.61. The molecule has 0 saturated carbocycles. The monoisotopic (exact) mass is 351 g/mol. The summed E-state index contributed by atoms with van der Waals surface area (Å²) in [4.78, 5) is 17.2. The summed E-state index contributed by atoms with van der Waals surface area (Å²) in [5.41, 5.74) is 2.42. The highest BCUT2D eigenvalue weighted by Crippen LogP contribution is 2.32. The van der Waals surface area contributed by atoms with E-state index in [1.807, 2.05) is 18.0 Å². The standard InChI is InChI=1S/C19H29N3O.ClH/c1-15-13-17-5-3-4-6-18(17)22(15)19(23)14-21-11-8-16(9-12-21)7-10-20-2;/h3-6,15-16,20H,7-14H2,1-2H3;1H. The van der Waals surface area contributed by atoms with Gasteiger partial charge >= 0.3 is 0 Å². The Morgan fingerprint density at radius 3 is 2.67 bits per heavy atom. The molecule has 1 saturated heterocycles. The van der Waals surface area contributed by atoms with Crippen molar-refractivity contribution >= 4 is 24.0 Å². The van der Waals surface area contributed by atoms with Crippen LogP contribution in [0.3, 0.4) is 0 Å². The van der Waals surface area contributed by atoms with Crippen LogP contribution >= 0.6 is 12.4 Å². The van der Waals surface area contributed by atoms with Gasteiger partial charge in [-0.1, -0.05) is 18.2 Å². The molecule has 0 spiro atoms. The highest BCUT2D eigenvalue weighted by atomic mass is 35.5. The van der Waals surface area contributed by atoms with Gasteiger partial charge in [-0.05, 0) is 76.8 Å². The summed E-state index contributed by atoms with van der Waals surface area (Å²) in [6.45, 7) is 5.94. The molecule has 4 nitrogen and oxygen atoms in total. The summed E-state index contributed by atoms with van der Waals surface area (Å²) >= 11 is 0. The molecule has 1 fully saturated rings. The van der Waals surface area contributed by atoms with Crippen molar-refractivity contribution in [2.75, 3.05) is 38.1 Å². The van der Waals surface area contributed by atoms with Gasteiger partial charge in [-0.25, -0.2) is 0 Å². The van der Waals surface area contributed by atoms with Gasteiger partial charge in [0.05, 0.1) is 6.54 Å². The van der Waals surface area contributed by atoms with Crippen LogP contribution in [-0.2, 0) is 11.2 Å². The Balaban J connectivity index is 0.00000208. The lowest BCUT2D eigenvalue weighted by atomic mass is 9.93. The van der Waals surface area contributed by atoms with E-state index in [0.717, 1.165) is 37.7 Å².